The standard InChI is InChI=1S/C10H20O.C2H6O2.C2H4/c1-7(2)9-5-4-8(3)6-10(9)11;3-1-2-4;1-2/h7-11H,4-6H2,1-3H3;3-4H,1-2H2;1-2H2. The van der Waals surface area contributed by atoms with Crippen LogP contribution in [0.1, 0.15) is 40.0 Å². The van der Waals surface area contributed by atoms with E-state index in [9.17, 15) is 5.11 Å². The summed E-state index contributed by atoms with van der Waals surface area (Å²) in [7, 11) is 0. The molecule has 1 fully saturated rings. The monoisotopic (exact) mass is 246 g/mol. The summed E-state index contributed by atoms with van der Waals surface area (Å²) in [6, 6.07) is 0. The molecule has 104 valence electrons. The molecule has 3 nitrogen and oxygen atoms in total. The van der Waals surface area contributed by atoms with E-state index in [2.05, 4.69) is 33.9 Å². The maximum Gasteiger partial charge on any atom is 0.0662 e. The average Bonchev–Trinajstić information content (AvgIpc) is 2.31. The van der Waals surface area contributed by atoms with Gasteiger partial charge in [-0.3, -0.25) is 0 Å². The molecule has 1 saturated carbocycles. The van der Waals surface area contributed by atoms with Crippen LogP contribution < -0.4 is 0 Å². The van der Waals surface area contributed by atoms with Crippen molar-refractivity contribution in [2.24, 2.45) is 17.8 Å². The zero-order chi connectivity index (χ0) is 13.8. The van der Waals surface area contributed by atoms with Crippen LogP contribution in [0.15, 0.2) is 13.2 Å². The molecule has 0 aromatic carbocycles. The van der Waals surface area contributed by atoms with Crippen molar-refractivity contribution >= 4 is 0 Å². The summed E-state index contributed by atoms with van der Waals surface area (Å²) in [5, 5.41) is 25.0. The van der Waals surface area contributed by atoms with Crippen LogP contribution in [0.4, 0.5) is 0 Å². The van der Waals surface area contributed by atoms with Gasteiger partial charge in [0.15, 0.2) is 0 Å². The quantitative estimate of drug-likeness (QED) is 0.655. The number of aliphatic hydroxyl groups is 3. The fourth-order valence-electron chi connectivity index (χ4n) is 2.15. The second-order valence-corrected chi connectivity index (χ2v) is 4.84. The molecule has 0 heterocycles. The summed E-state index contributed by atoms with van der Waals surface area (Å²) in [6.45, 7) is 12.4. The largest absolute Gasteiger partial charge is 0.394 e. The van der Waals surface area contributed by atoms with E-state index in [4.69, 9.17) is 10.2 Å². The second-order valence-electron chi connectivity index (χ2n) is 4.84. The molecule has 17 heavy (non-hydrogen) atoms. The normalized spacial score (nSPS) is 27.6. The number of rotatable bonds is 2. The molecule has 0 aromatic heterocycles. The predicted molar refractivity (Wildman–Crippen MR) is 72.8 cm³/mol. The fraction of sp³-hybridized carbons (Fsp3) is 0.857. The lowest BCUT2D eigenvalue weighted by molar-refractivity contribution is 0.0266. The zero-order valence-electron chi connectivity index (χ0n) is 11.6. The van der Waals surface area contributed by atoms with E-state index in [1.165, 1.54) is 12.8 Å². The van der Waals surface area contributed by atoms with Crippen molar-refractivity contribution in [3.8, 4) is 0 Å². The Kier molecular flexibility index (Phi) is 13.5. The third-order valence-electron chi connectivity index (χ3n) is 3.09. The summed E-state index contributed by atoms with van der Waals surface area (Å²) in [5.41, 5.74) is 0. The highest BCUT2D eigenvalue weighted by molar-refractivity contribution is 4.79. The van der Waals surface area contributed by atoms with Crippen LogP contribution in [0.25, 0.3) is 0 Å². The van der Waals surface area contributed by atoms with Crippen LogP contribution >= 0.6 is 0 Å². The Bertz CT molecular complexity index is 158. The minimum absolute atomic E-state index is 0.0289. The maximum absolute atomic E-state index is 9.71. The molecule has 0 aromatic rings. The van der Waals surface area contributed by atoms with Gasteiger partial charge >= 0.3 is 0 Å². The van der Waals surface area contributed by atoms with Crippen LogP contribution in [0.5, 0.6) is 0 Å². The molecule has 0 amide bonds. The van der Waals surface area contributed by atoms with Gasteiger partial charge in [0.1, 0.15) is 0 Å². The molecule has 0 aliphatic heterocycles. The molecular weight excluding hydrogens is 216 g/mol. The minimum Gasteiger partial charge on any atom is -0.394 e. The van der Waals surface area contributed by atoms with Crippen molar-refractivity contribution in [2.75, 3.05) is 13.2 Å². The summed E-state index contributed by atoms with van der Waals surface area (Å²) >= 11 is 0. The topological polar surface area (TPSA) is 60.7 Å². The van der Waals surface area contributed by atoms with Crippen LogP contribution in [0.2, 0.25) is 0 Å². The Morgan fingerprint density at radius 1 is 1.12 bits per heavy atom. The van der Waals surface area contributed by atoms with Crippen molar-refractivity contribution in [1.82, 2.24) is 0 Å². The lowest BCUT2D eigenvalue weighted by Crippen LogP contribution is -2.31. The third-order valence-corrected chi connectivity index (χ3v) is 3.09. The number of hydrogen-bond acceptors (Lipinski definition) is 3. The number of aliphatic hydroxyl groups excluding tert-OH is 3. The lowest BCUT2D eigenvalue weighted by atomic mass is 9.75. The first-order chi connectivity index (χ1) is 8.02. The average molecular weight is 246 g/mol. The molecular formula is C14H30O3. The van der Waals surface area contributed by atoms with E-state index in [0.29, 0.717) is 11.8 Å². The molecule has 0 bridgehead atoms. The van der Waals surface area contributed by atoms with Crippen molar-refractivity contribution < 1.29 is 15.3 Å². The van der Waals surface area contributed by atoms with E-state index in [1.807, 2.05) is 0 Å². The smallest absolute Gasteiger partial charge is 0.0662 e. The van der Waals surface area contributed by atoms with Gasteiger partial charge in [0.25, 0.3) is 0 Å². The molecule has 3 atom stereocenters. The van der Waals surface area contributed by atoms with E-state index in [0.717, 1.165) is 12.3 Å². The Labute approximate surface area is 106 Å². The molecule has 1 rings (SSSR count). The third kappa shape index (κ3) is 9.33. The fourth-order valence-corrected chi connectivity index (χ4v) is 2.15. The van der Waals surface area contributed by atoms with E-state index in [-0.39, 0.29) is 19.3 Å². The van der Waals surface area contributed by atoms with E-state index in [1.54, 1.807) is 0 Å². The Morgan fingerprint density at radius 3 is 1.88 bits per heavy atom. The number of hydrogen-bond donors (Lipinski definition) is 3. The summed E-state index contributed by atoms with van der Waals surface area (Å²) in [4.78, 5) is 0. The molecule has 1 aliphatic carbocycles. The van der Waals surface area contributed by atoms with Gasteiger partial charge in [-0.2, -0.15) is 0 Å². The maximum atomic E-state index is 9.71. The highest BCUT2D eigenvalue weighted by Crippen LogP contribution is 2.33. The Hall–Kier alpha value is -0.380. The zero-order valence-corrected chi connectivity index (χ0v) is 11.6. The van der Waals surface area contributed by atoms with Gasteiger partial charge in [0.05, 0.1) is 19.3 Å². The van der Waals surface area contributed by atoms with Crippen LogP contribution in [0, 0.1) is 17.8 Å². The van der Waals surface area contributed by atoms with Gasteiger partial charge < -0.3 is 15.3 Å². The van der Waals surface area contributed by atoms with Crippen LogP contribution in [-0.4, -0.2) is 34.6 Å². The van der Waals surface area contributed by atoms with E-state index < -0.39 is 0 Å². The van der Waals surface area contributed by atoms with Gasteiger partial charge in [-0.15, -0.1) is 13.2 Å². The van der Waals surface area contributed by atoms with Crippen LogP contribution in [0.3, 0.4) is 0 Å². The van der Waals surface area contributed by atoms with Gasteiger partial charge in [0, 0.05) is 0 Å². The Morgan fingerprint density at radius 2 is 1.59 bits per heavy atom. The summed E-state index contributed by atoms with van der Waals surface area (Å²) in [6.07, 6.45) is 3.52. The van der Waals surface area contributed by atoms with Gasteiger partial charge in [-0.1, -0.05) is 27.2 Å². The van der Waals surface area contributed by atoms with Crippen LogP contribution in [-0.2, 0) is 0 Å². The highest BCUT2D eigenvalue weighted by Gasteiger charge is 2.28. The molecule has 0 spiro atoms. The Balaban J connectivity index is 0. The summed E-state index contributed by atoms with van der Waals surface area (Å²) < 4.78 is 0. The minimum atomic E-state index is -0.125. The predicted octanol–water partition coefficient (Wildman–Crippen LogP) is 2.21. The van der Waals surface area contributed by atoms with Gasteiger partial charge in [-0.25, -0.2) is 0 Å². The first-order valence-corrected chi connectivity index (χ1v) is 6.42. The molecule has 0 saturated heterocycles. The lowest BCUT2D eigenvalue weighted by Gasteiger charge is -2.33. The van der Waals surface area contributed by atoms with Crippen molar-refractivity contribution in [2.45, 2.75) is 46.1 Å². The molecule has 3 heteroatoms. The molecule has 3 unspecified atom stereocenters. The van der Waals surface area contributed by atoms with Gasteiger partial charge in [-0.05, 0) is 30.6 Å². The molecule has 0 radical (unpaired) electrons. The van der Waals surface area contributed by atoms with Crippen molar-refractivity contribution in [3.63, 3.8) is 0 Å². The van der Waals surface area contributed by atoms with Gasteiger partial charge in [0.2, 0.25) is 0 Å². The highest BCUT2D eigenvalue weighted by atomic mass is 16.3. The van der Waals surface area contributed by atoms with Crippen molar-refractivity contribution in [1.29, 1.82) is 0 Å². The van der Waals surface area contributed by atoms with E-state index >= 15 is 0 Å². The van der Waals surface area contributed by atoms with Crippen molar-refractivity contribution in [3.05, 3.63) is 13.2 Å². The second kappa shape index (κ2) is 12.1. The summed E-state index contributed by atoms with van der Waals surface area (Å²) in [5.74, 6) is 1.95. The first kappa shape index (κ1) is 19.0. The first-order valence-electron chi connectivity index (χ1n) is 6.42. The molecule has 3 N–H and O–H groups in total. The molecule has 1 aliphatic rings. The SMILES string of the molecule is C=C.CC1CCC(C(C)C)C(O)C1.OCCO.